The second-order valence-corrected chi connectivity index (χ2v) is 14.0. The topological polar surface area (TPSA) is 29.5 Å². The fourth-order valence-electron chi connectivity index (χ4n) is 8.34. The Bertz CT molecular complexity index is 3210. The van der Waals surface area contributed by atoms with Crippen LogP contribution >= 0.6 is 0 Å². The molecule has 3 nitrogen and oxygen atoms in total. The van der Waals surface area contributed by atoms with Crippen molar-refractivity contribution in [1.82, 2.24) is 0 Å². The third-order valence-corrected chi connectivity index (χ3v) is 10.9. The molecule has 0 N–H and O–H groups in total. The number of nitrogens with zero attached hydrogens (tertiary/aromatic N) is 1. The molecule has 11 aromatic rings. The second kappa shape index (κ2) is 12.6. The van der Waals surface area contributed by atoms with Crippen molar-refractivity contribution in [2.24, 2.45) is 0 Å². The molecule has 55 heavy (non-hydrogen) atoms. The van der Waals surface area contributed by atoms with E-state index in [2.05, 4.69) is 193 Å². The van der Waals surface area contributed by atoms with Gasteiger partial charge in [-0.05, 0) is 52.9 Å². The Balaban J connectivity index is 1.12. The summed E-state index contributed by atoms with van der Waals surface area (Å²) in [6, 6.07) is 70.8. The Labute approximate surface area is 317 Å². The Morgan fingerprint density at radius 1 is 0.291 bits per heavy atom. The van der Waals surface area contributed by atoms with Gasteiger partial charge < -0.3 is 13.7 Å². The first-order valence-corrected chi connectivity index (χ1v) is 18.7. The van der Waals surface area contributed by atoms with Gasteiger partial charge >= 0.3 is 0 Å². The number of benzene rings is 9. The van der Waals surface area contributed by atoms with Gasteiger partial charge in [0.25, 0.3) is 0 Å². The van der Waals surface area contributed by atoms with Gasteiger partial charge in [-0.25, -0.2) is 0 Å². The molecular weight excluding hydrogens is 671 g/mol. The average Bonchev–Trinajstić information content (AvgIpc) is 3.84. The van der Waals surface area contributed by atoms with Gasteiger partial charge in [0.05, 0.1) is 11.4 Å². The van der Waals surface area contributed by atoms with Crippen molar-refractivity contribution in [3.05, 3.63) is 200 Å². The maximum Gasteiger partial charge on any atom is 0.143 e. The molecule has 0 saturated carbocycles. The van der Waals surface area contributed by atoms with E-state index in [1.807, 2.05) is 12.1 Å². The van der Waals surface area contributed by atoms with Crippen molar-refractivity contribution in [3.63, 3.8) is 0 Å². The molecule has 0 amide bonds. The van der Waals surface area contributed by atoms with Gasteiger partial charge in [-0.3, -0.25) is 0 Å². The monoisotopic (exact) mass is 703 g/mol. The number of rotatable bonds is 6. The lowest BCUT2D eigenvalue weighted by molar-refractivity contribution is 0.670. The fraction of sp³-hybridized carbons (Fsp3) is 0. The lowest BCUT2D eigenvalue weighted by atomic mass is 9.97. The predicted octanol–water partition coefficient (Wildman–Crippen LogP) is 15.1. The summed E-state index contributed by atoms with van der Waals surface area (Å²) in [5.74, 6) is 0. The van der Waals surface area contributed by atoms with E-state index in [1.54, 1.807) is 0 Å². The first kappa shape index (κ1) is 31.2. The van der Waals surface area contributed by atoms with Gasteiger partial charge in [0.15, 0.2) is 0 Å². The molecule has 0 spiro atoms. The summed E-state index contributed by atoms with van der Waals surface area (Å²) in [4.78, 5) is 2.39. The molecule has 2 aromatic heterocycles. The van der Waals surface area contributed by atoms with Crippen molar-refractivity contribution < 1.29 is 8.83 Å². The van der Waals surface area contributed by atoms with E-state index in [-0.39, 0.29) is 0 Å². The van der Waals surface area contributed by atoms with Crippen LogP contribution < -0.4 is 4.90 Å². The minimum atomic E-state index is 0.881. The minimum absolute atomic E-state index is 0.881. The highest BCUT2D eigenvalue weighted by molar-refractivity contribution is 6.18. The van der Waals surface area contributed by atoms with E-state index < -0.39 is 0 Å². The van der Waals surface area contributed by atoms with Gasteiger partial charge in [0.2, 0.25) is 0 Å². The standard InChI is InChI=1S/C52H33NO2/c1-2-14-34(15-3-1)38-17-6-9-25-47(38)53(37-31-28-36(29-32-37)40-21-12-23-44-42-20-8-11-27-49(42)54-50(40)44)48-26-10-7-19-41(48)43-22-13-24-45-46-33-30-35-16-4-5-18-39(35)51(46)55-52(43)45/h1-33H. The zero-order chi connectivity index (χ0) is 36.3. The summed E-state index contributed by atoms with van der Waals surface area (Å²) in [5.41, 5.74) is 13.4. The average molecular weight is 704 g/mol. The number of anilines is 3. The van der Waals surface area contributed by atoms with Crippen LogP contribution in [0.3, 0.4) is 0 Å². The van der Waals surface area contributed by atoms with Crippen molar-refractivity contribution in [2.75, 3.05) is 4.90 Å². The van der Waals surface area contributed by atoms with Crippen LogP contribution in [0.5, 0.6) is 0 Å². The third kappa shape index (κ3) is 5.05. The third-order valence-electron chi connectivity index (χ3n) is 10.9. The molecule has 0 atom stereocenters. The predicted molar refractivity (Wildman–Crippen MR) is 229 cm³/mol. The van der Waals surface area contributed by atoms with E-state index >= 15 is 0 Å². The largest absolute Gasteiger partial charge is 0.455 e. The molecule has 0 saturated heterocycles. The first-order chi connectivity index (χ1) is 27.3. The highest BCUT2D eigenvalue weighted by atomic mass is 16.3. The zero-order valence-electron chi connectivity index (χ0n) is 29.8. The lowest BCUT2D eigenvalue weighted by Gasteiger charge is -2.30. The molecule has 9 aromatic carbocycles. The molecule has 0 bridgehead atoms. The van der Waals surface area contributed by atoms with Gasteiger partial charge in [-0.2, -0.15) is 0 Å². The van der Waals surface area contributed by atoms with Gasteiger partial charge in [0, 0.05) is 54.9 Å². The molecule has 0 aliphatic heterocycles. The van der Waals surface area contributed by atoms with Crippen LogP contribution in [0, 0.1) is 0 Å². The number of para-hydroxylation sites is 5. The second-order valence-electron chi connectivity index (χ2n) is 14.0. The van der Waals surface area contributed by atoms with Crippen LogP contribution in [-0.2, 0) is 0 Å². The number of fused-ring (bicyclic) bond motifs is 8. The lowest BCUT2D eigenvalue weighted by Crippen LogP contribution is -2.12. The zero-order valence-corrected chi connectivity index (χ0v) is 29.8. The molecular formula is C52H33NO2. The van der Waals surface area contributed by atoms with E-state index in [0.29, 0.717) is 0 Å². The molecule has 0 unspecified atom stereocenters. The fourth-order valence-corrected chi connectivity index (χ4v) is 8.34. The quantitative estimate of drug-likeness (QED) is 0.173. The molecule has 2 heterocycles. The minimum Gasteiger partial charge on any atom is -0.455 e. The molecule has 11 rings (SSSR count). The molecule has 0 aliphatic carbocycles. The Hall–Kier alpha value is -7.36. The normalized spacial score (nSPS) is 11.6. The van der Waals surface area contributed by atoms with E-state index in [0.717, 1.165) is 99.7 Å². The van der Waals surface area contributed by atoms with Crippen molar-refractivity contribution in [2.45, 2.75) is 0 Å². The summed E-state index contributed by atoms with van der Waals surface area (Å²) in [5, 5.41) is 6.76. The van der Waals surface area contributed by atoms with Crippen molar-refractivity contribution in [1.29, 1.82) is 0 Å². The van der Waals surface area contributed by atoms with Crippen molar-refractivity contribution in [3.8, 4) is 33.4 Å². The summed E-state index contributed by atoms with van der Waals surface area (Å²) in [7, 11) is 0. The Morgan fingerprint density at radius 2 is 0.836 bits per heavy atom. The maximum atomic E-state index is 6.88. The van der Waals surface area contributed by atoms with E-state index in [9.17, 15) is 0 Å². The van der Waals surface area contributed by atoms with Crippen molar-refractivity contribution >= 4 is 71.7 Å². The molecule has 0 radical (unpaired) electrons. The summed E-state index contributed by atoms with van der Waals surface area (Å²) >= 11 is 0. The van der Waals surface area contributed by atoms with E-state index in [1.165, 1.54) is 5.39 Å². The smallest absolute Gasteiger partial charge is 0.143 e. The van der Waals surface area contributed by atoms with Crippen LogP contribution in [0.1, 0.15) is 0 Å². The molecule has 0 aliphatic rings. The maximum absolute atomic E-state index is 6.88. The SMILES string of the molecule is c1ccc(-c2ccccc2N(c2ccc(-c3cccc4c3oc3ccccc34)cc2)c2ccccc2-c2cccc3c2oc2c4ccccc4ccc32)cc1. The van der Waals surface area contributed by atoms with E-state index in [4.69, 9.17) is 8.83 Å². The van der Waals surface area contributed by atoms with Crippen LogP contribution in [0.4, 0.5) is 17.1 Å². The van der Waals surface area contributed by atoms with Crippen LogP contribution in [0.15, 0.2) is 209 Å². The van der Waals surface area contributed by atoms with Crippen LogP contribution in [-0.4, -0.2) is 0 Å². The Kier molecular flexibility index (Phi) is 7.17. The van der Waals surface area contributed by atoms with Crippen LogP contribution in [0.25, 0.3) is 88.0 Å². The number of hydrogen-bond acceptors (Lipinski definition) is 3. The molecule has 258 valence electrons. The van der Waals surface area contributed by atoms with Crippen LogP contribution in [0.2, 0.25) is 0 Å². The summed E-state index contributed by atoms with van der Waals surface area (Å²) < 4.78 is 13.3. The Morgan fingerprint density at radius 3 is 1.65 bits per heavy atom. The van der Waals surface area contributed by atoms with Gasteiger partial charge in [-0.1, -0.05) is 164 Å². The highest BCUT2D eigenvalue weighted by Crippen LogP contribution is 2.47. The first-order valence-electron chi connectivity index (χ1n) is 18.7. The summed E-state index contributed by atoms with van der Waals surface area (Å²) in [6.45, 7) is 0. The summed E-state index contributed by atoms with van der Waals surface area (Å²) in [6.07, 6.45) is 0. The number of hydrogen-bond donors (Lipinski definition) is 0. The molecule has 3 heteroatoms. The number of furan rings is 2. The molecule has 0 fully saturated rings. The highest BCUT2D eigenvalue weighted by Gasteiger charge is 2.23. The van der Waals surface area contributed by atoms with Gasteiger partial charge in [0.1, 0.15) is 22.3 Å². The van der Waals surface area contributed by atoms with Gasteiger partial charge in [-0.15, -0.1) is 0 Å².